The summed E-state index contributed by atoms with van der Waals surface area (Å²) in [6.07, 6.45) is 4.24. The van der Waals surface area contributed by atoms with Crippen molar-refractivity contribution in [1.82, 2.24) is 9.80 Å². The van der Waals surface area contributed by atoms with Crippen LogP contribution in [0, 0.1) is 0 Å². The molecule has 4 nitrogen and oxygen atoms in total. The van der Waals surface area contributed by atoms with Gasteiger partial charge in [-0.25, -0.2) is 0 Å². The van der Waals surface area contributed by atoms with Crippen LogP contribution in [0.25, 0.3) is 0 Å². The van der Waals surface area contributed by atoms with Gasteiger partial charge in [0.1, 0.15) is 5.75 Å². The predicted octanol–water partition coefficient (Wildman–Crippen LogP) is 2.12. The highest BCUT2D eigenvalue weighted by atomic mass is 16.5. The summed E-state index contributed by atoms with van der Waals surface area (Å²) in [5.74, 6) is 0.942. The van der Waals surface area contributed by atoms with Gasteiger partial charge in [0.25, 0.3) is 0 Å². The fraction of sp³-hybridized carbons (Fsp3) is 0.667. The Morgan fingerprint density at radius 1 is 1.09 bits per heavy atom. The summed E-state index contributed by atoms with van der Waals surface area (Å²) in [4.78, 5) is 5.16. The number of methoxy groups -OCH3 is 1. The molecule has 0 spiro atoms. The molecule has 1 saturated carbocycles. The normalized spacial score (nSPS) is 27.7. The van der Waals surface area contributed by atoms with Crippen LogP contribution in [0.3, 0.4) is 0 Å². The molecule has 3 rings (SSSR count). The van der Waals surface area contributed by atoms with E-state index in [1.807, 2.05) is 6.07 Å². The molecule has 1 heterocycles. The van der Waals surface area contributed by atoms with E-state index in [9.17, 15) is 5.11 Å². The minimum atomic E-state index is -0.0504. The topological polar surface area (TPSA) is 35.9 Å². The molecule has 0 atom stereocenters. The molecule has 0 bridgehead atoms. The first-order valence-corrected chi connectivity index (χ1v) is 8.52. The third-order valence-corrected chi connectivity index (χ3v) is 5.13. The van der Waals surface area contributed by atoms with Crippen molar-refractivity contribution in [3.05, 3.63) is 29.8 Å². The van der Waals surface area contributed by atoms with Crippen molar-refractivity contribution >= 4 is 0 Å². The van der Waals surface area contributed by atoms with Gasteiger partial charge in [0.2, 0.25) is 0 Å². The lowest BCUT2D eigenvalue weighted by Crippen LogP contribution is -2.51. The van der Waals surface area contributed by atoms with Crippen LogP contribution in [-0.4, -0.2) is 60.3 Å². The molecule has 1 aromatic carbocycles. The van der Waals surface area contributed by atoms with Crippen LogP contribution in [-0.2, 0) is 6.54 Å². The number of rotatable bonds is 4. The van der Waals surface area contributed by atoms with Gasteiger partial charge in [-0.15, -0.1) is 0 Å². The molecular formula is C18H28N2O2. The second kappa shape index (κ2) is 7.44. The van der Waals surface area contributed by atoms with E-state index in [1.54, 1.807) is 7.11 Å². The molecule has 1 aliphatic heterocycles. The lowest BCUT2D eigenvalue weighted by molar-refractivity contribution is 0.0423. The van der Waals surface area contributed by atoms with E-state index >= 15 is 0 Å². The van der Waals surface area contributed by atoms with E-state index in [4.69, 9.17) is 4.74 Å². The van der Waals surface area contributed by atoms with Crippen molar-refractivity contribution in [3.8, 4) is 5.75 Å². The fourth-order valence-electron chi connectivity index (χ4n) is 3.74. The Labute approximate surface area is 133 Å². The number of ether oxygens (including phenoxy) is 1. The molecule has 0 radical (unpaired) electrons. The quantitative estimate of drug-likeness (QED) is 0.924. The SMILES string of the molecule is COc1cccc(CN2CCN(C3CCC(O)CC3)CC2)c1. The number of hydrogen-bond acceptors (Lipinski definition) is 4. The van der Waals surface area contributed by atoms with Crippen LogP contribution in [0.2, 0.25) is 0 Å². The third-order valence-electron chi connectivity index (χ3n) is 5.13. The van der Waals surface area contributed by atoms with E-state index in [0.29, 0.717) is 6.04 Å². The Hall–Kier alpha value is -1.10. The van der Waals surface area contributed by atoms with Crippen molar-refractivity contribution in [2.75, 3.05) is 33.3 Å². The number of aliphatic hydroxyl groups excluding tert-OH is 1. The number of piperazine rings is 1. The molecule has 1 aliphatic carbocycles. The molecular weight excluding hydrogens is 276 g/mol. The van der Waals surface area contributed by atoms with Crippen LogP contribution in [0.15, 0.2) is 24.3 Å². The van der Waals surface area contributed by atoms with Crippen LogP contribution in [0.1, 0.15) is 31.2 Å². The summed E-state index contributed by atoms with van der Waals surface area (Å²) >= 11 is 0. The molecule has 122 valence electrons. The van der Waals surface area contributed by atoms with Crippen LogP contribution < -0.4 is 4.74 Å². The summed E-state index contributed by atoms with van der Waals surface area (Å²) in [5.41, 5.74) is 1.33. The first kappa shape index (κ1) is 15.8. The van der Waals surface area contributed by atoms with E-state index in [-0.39, 0.29) is 6.10 Å². The highest BCUT2D eigenvalue weighted by Crippen LogP contribution is 2.24. The van der Waals surface area contributed by atoms with Gasteiger partial charge in [0.15, 0.2) is 0 Å². The minimum Gasteiger partial charge on any atom is -0.497 e. The zero-order valence-corrected chi connectivity index (χ0v) is 13.6. The zero-order valence-electron chi connectivity index (χ0n) is 13.6. The standard InChI is InChI=1S/C18H28N2O2/c1-22-18-4-2-3-15(13-18)14-19-9-11-20(12-10-19)16-5-7-17(21)8-6-16/h2-4,13,16-17,21H,5-12,14H2,1H3. The van der Waals surface area contributed by atoms with Crippen LogP contribution in [0.5, 0.6) is 5.75 Å². The molecule has 22 heavy (non-hydrogen) atoms. The highest BCUT2D eigenvalue weighted by Gasteiger charge is 2.27. The Morgan fingerprint density at radius 2 is 1.82 bits per heavy atom. The molecule has 0 amide bonds. The third kappa shape index (κ3) is 4.00. The molecule has 1 saturated heterocycles. The summed E-state index contributed by atoms with van der Waals surface area (Å²) in [7, 11) is 1.72. The minimum absolute atomic E-state index is 0.0504. The Kier molecular flexibility index (Phi) is 5.34. The number of aliphatic hydroxyl groups is 1. The number of hydrogen-bond donors (Lipinski definition) is 1. The molecule has 4 heteroatoms. The van der Waals surface area contributed by atoms with Gasteiger partial charge < -0.3 is 9.84 Å². The van der Waals surface area contributed by atoms with Gasteiger partial charge in [0, 0.05) is 38.8 Å². The van der Waals surface area contributed by atoms with E-state index in [2.05, 4.69) is 28.0 Å². The number of nitrogens with zero attached hydrogens (tertiary/aromatic N) is 2. The van der Waals surface area contributed by atoms with Crippen molar-refractivity contribution < 1.29 is 9.84 Å². The highest BCUT2D eigenvalue weighted by molar-refractivity contribution is 5.28. The van der Waals surface area contributed by atoms with Crippen molar-refractivity contribution in [2.24, 2.45) is 0 Å². The molecule has 2 fully saturated rings. The lowest BCUT2D eigenvalue weighted by atomic mass is 9.91. The molecule has 1 aromatic rings. The molecule has 0 aromatic heterocycles. The predicted molar refractivity (Wildman–Crippen MR) is 88.1 cm³/mol. The first-order chi connectivity index (χ1) is 10.7. The van der Waals surface area contributed by atoms with Crippen LogP contribution >= 0.6 is 0 Å². The zero-order chi connectivity index (χ0) is 15.4. The smallest absolute Gasteiger partial charge is 0.119 e. The maximum absolute atomic E-state index is 9.64. The van der Waals surface area contributed by atoms with E-state index < -0.39 is 0 Å². The van der Waals surface area contributed by atoms with Crippen molar-refractivity contribution in [2.45, 2.75) is 44.4 Å². The molecule has 2 aliphatic rings. The fourth-order valence-corrected chi connectivity index (χ4v) is 3.74. The Bertz CT molecular complexity index is 464. The van der Waals surface area contributed by atoms with Crippen molar-refractivity contribution in [1.29, 1.82) is 0 Å². The average molecular weight is 304 g/mol. The Balaban J connectivity index is 1.47. The van der Waals surface area contributed by atoms with Crippen LogP contribution in [0.4, 0.5) is 0 Å². The van der Waals surface area contributed by atoms with Gasteiger partial charge in [-0.3, -0.25) is 9.80 Å². The molecule has 1 N–H and O–H groups in total. The lowest BCUT2D eigenvalue weighted by Gasteiger charge is -2.41. The van der Waals surface area contributed by atoms with E-state index in [1.165, 1.54) is 5.56 Å². The molecule has 0 unspecified atom stereocenters. The summed E-state index contributed by atoms with van der Waals surface area (Å²) in [5, 5.41) is 9.64. The van der Waals surface area contributed by atoms with Gasteiger partial charge >= 0.3 is 0 Å². The Morgan fingerprint density at radius 3 is 2.50 bits per heavy atom. The van der Waals surface area contributed by atoms with E-state index in [0.717, 1.165) is 64.2 Å². The maximum Gasteiger partial charge on any atom is 0.119 e. The second-order valence-electron chi connectivity index (χ2n) is 6.63. The van der Waals surface area contributed by atoms with Crippen molar-refractivity contribution in [3.63, 3.8) is 0 Å². The maximum atomic E-state index is 9.64. The largest absolute Gasteiger partial charge is 0.497 e. The number of benzene rings is 1. The second-order valence-corrected chi connectivity index (χ2v) is 6.63. The van der Waals surface area contributed by atoms with Gasteiger partial charge in [-0.2, -0.15) is 0 Å². The summed E-state index contributed by atoms with van der Waals surface area (Å²) in [6.45, 7) is 5.59. The van der Waals surface area contributed by atoms with Gasteiger partial charge in [0.05, 0.1) is 13.2 Å². The average Bonchev–Trinajstić information content (AvgIpc) is 2.57. The summed E-state index contributed by atoms with van der Waals surface area (Å²) < 4.78 is 5.30. The monoisotopic (exact) mass is 304 g/mol. The van der Waals surface area contributed by atoms with Gasteiger partial charge in [-0.1, -0.05) is 12.1 Å². The van der Waals surface area contributed by atoms with Gasteiger partial charge in [-0.05, 0) is 43.4 Å². The summed E-state index contributed by atoms with van der Waals surface area (Å²) in [6, 6.07) is 9.07. The first-order valence-electron chi connectivity index (χ1n) is 8.52.